The first kappa shape index (κ1) is 19.3. The summed E-state index contributed by atoms with van der Waals surface area (Å²) in [6, 6.07) is 10.3. The van der Waals surface area contributed by atoms with E-state index in [0.717, 1.165) is 40.6 Å². The summed E-state index contributed by atoms with van der Waals surface area (Å²) in [5, 5.41) is 9.58. The van der Waals surface area contributed by atoms with Crippen LogP contribution in [-0.2, 0) is 14.8 Å². The third-order valence-corrected chi connectivity index (χ3v) is 8.12. The molecule has 26 heavy (non-hydrogen) atoms. The zero-order valence-electron chi connectivity index (χ0n) is 13.9. The highest BCUT2D eigenvalue weighted by atomic mass is 79.9. The number of sulfonamides is 1. The number of benzene rings is 1. The first-order valence-electron chi connectivity index (χ1n) is 8.19. The Bertz CT molecular complexity index is 944. The number of halogens is 1. The maximum absolute atomic E-state index is 12.8. The SMILES string of the molecule is O=C(O)/C(=C/c1cccc(Br)c1)c1ccc(S(=O)(=O)N2CCCCC2)s1. The standard InChI is InChI=1S/C18H18BrNO4S2/c19-14-6-4-5-13(11-14)12-15(18(21)22)16-7-8-17(25-16)26(23,24)20-9-2-1-3-10-20/h4-8,11-12H,1-3,9-10H2,(H,21,22)/b15-12+. The number of piperidine rings is 1. The number of aliphatic carboxylic acids is 1. The highest BCUT2D eigenvalue weighted by Gasteiger charge is 2.28. The number of hydrogen-bond donors (Lipinski definition) is 1. The molecule has 0 aliphatic carbocycles. The quantitative estimate of drug-likeness (QED) is 0.681. The van der Waals surface area contributed by atoms with Crippen LogP contribution in [0.1, 0.15) is 29.7 Å². The second-order valence-corrected chi connectivity index (χ2v) is 10.2. The molecule has 0 radical (unpaired) electrons. The molecule has 3 rings (SSSR count). The molecule has 2 aromatic rings. The molecule has 5 nitrogen and oxygen atoms in total. The lowest BCUT2D eigenvalue weighted by Gasteiger charge is -2.25. The molecule has 2 heterocycles. The smallest absolute Gasteiger partial charge is 0.337 e. The lowest BCUT2D eigenvalue weighted by Crippen LogP contribution is -2.35. The monoisotopic (exact) mass is 455 g/mol. The topological polar surface area (TPSA) is 74.7 Å². The minimum absolute atomic E-state index is 0.0770. The zero-order valence-corrected chi connectivity index (χ0v) is 17.1. The number of hydrogen-bond acceptors (Lipinski definition) is 4. The van der Waals surface area contributed by atoms with Crippen LogP contribution in [0.25, 0.3) is 11.6 Å². The average molecular weight is 456 g/mol. The summed E-state index contributed by atoms with van der Waals surface area (Å²) in [7, 11) is -3.56. The normalized spacial score (nSPS) is 16.6. The third-order valence-electron chi connectivity index (χ3n) is 4.15. The molecule has 1 aliphatic heterocycles. The molecule has 0 atom stereocenters. The second kappa shape index (κ2) is 8.04. The fraction of sp³-hybridized carbons (Fsp3) is 0.278. The van der Waals surface area contributed by atoms with Crippen molar-refractivity contribution in [3.63, 3.8) is 0 Å². The number of rotatable bonds is 5. The van der Waals surface area contributed by atoms with Gasteiger partial charge >= 0.3 is 5.97 Å². The van der Waals surface area contributed by atoms with Gasteiger partial charge in [0.2, 0.25) is 0 Å². The van der Waals surface area contributed by atoms with Crippen LogP contribution in [0, 0.1) is 0 Å². The maximum atomic E-state index is 12.8. The van der Waals surface area contributed by atoms with Crippen molar-refractivity contribution in [2.45, 2.75) is 23.5 Å². The summed E-state index contributed by atoms with van der Waals surface area (Å²) < 4.78 is 28.0. The molecule has 0 saturated carbocycles. The predicted molar refractivity (Wildman–Crippen MR) is 107 cm³/mol. The van der Waals surface area contributed by atoms with Gasteiger partial charge in [0.1, 0.15) is 4.21 Å². The Morgan fingerprint density at radius 1 is 1.15 bits per heavy atom. The van der Waals surface area contributed by atoms with Crippen molar-refractivity contribution >= 4 is 54.9 Å². The van der Waals surface area contributed by atoms with Gasteiger partial charge in [-0.2, -0.15) is 4.31 Å². The maximum Gasteiger partial charge on any atom is 0.337 e. The van der Waals surface area contributed by atoms with E-state index in [9.17, 15) is 18.3 Å². The van der Waals surface area contributed by atoms with Crippen molar-refractivity contribution in [2.75, 3.05) is 13.1 Å². The Kier molecular flexibility index (Phi) is 5.96. The highest BCUT2D eigenvalue weighted by Crippen LogP contribution is 2.32. The molecule has 1 aromatic carbocycles. The second-order valence-electron chi connectivity index (χ2n) is 6.00. The van der Waals surface area contributed by atoms with Crippen LogP contribution >= 0.6 is 27.3 Å². The minimum atomic E-state index is -3.56. The lowest BCUT2D eigenvalue weighted by atomic mass is 10.1. The van der Waals surface area contributed by atoms with E-state index < -0.39 is 16.0 Å². The van der Waals surface area contributed by atoms with E-state index in [1.165, 1.54) is 10.4 Å². The van der Waals surface area contributed by atoms with Gasteiger partial charge in [-0.1, -0.05) is 34.5 Å². The number of nitrogens with zero attached hydrogens (tertiary/aromatic N) is 1. The van der Waals surface area contributed by atoms with Crippen molar-refractivity contribution in [1.29, 1.82) is 0 Å². The van der Waals surface area contributed by atoms with Crippen LogP contribution in [0.3, 0.4) is 0 Å². The van der Waals surface area contributed by atoms with Crippen molar-refractivity contribution in [2.24, 2.45) is 0 Å². The van der Waals surface area contributed by atoms with E-state index in [1.54, 1.807) is 18.2 Å². The number of carbonyl (C=O) groups is 1. The fourth-order valence-corrected chi connectivity index (χ4v) is 6.24. The van der Waals surface area contributed by atoms with Gasteiger partial charge in [-0.3, -0.25) is 0 Å². The first-order chi connectivity index (χ1) is 12.4. The molecule has 1 aliphatic rings. The van der Waals surface area contributed by atoms with Crippen molar-refractivity contribution < 1.29 is 18.3 Å². The molecule has 1 N–H and O–H groups in total. The third kappa shape index (κ3) is 4.25. The minimum Gasteiger partial charge on any atom is -0.478 e. The molecular formula is C18H18BrNO4S2. The van der Waals surface area contributed by atoms with Crippen LogP contribution in [0.4, 0.5) is 0 Å². The lowest BCUT2D eigenvalue weighted by molar-refractivity contribution is -0.130. The Hall–Kier alpha value is -1.48. The van der Waals surface area contributed by atoms with Gasteiger partial charge < -0.3 is 5.11 Å². The number of carboxylic acids is 1. The van der Waals surface area contributed by atoms with Crippen LogP contribution in [0.5, 0.6) is 0 Å². The summed E-state index contributed by atoms with van der Waals surface area (Å²) in [6.45, 7) is 1.05. The van der Waals surface area contributed by atoms with Crippen molar-refractivity contribution in [3.8, 4) is 0 Å². The van der Waals surface area contributed by atoms with Gasteiger partial charge in [0, 0.05) is 22.4 Å². The van der Waals surface area contributed by atoms with E-state index in [1.807, 2.05) is 18.2 Å². The molecule has 0 spiro atoms. The van der Waals surface area contributed by atoms with Crippen LogP contribution in [-0.4, -0.2) is 36.9 Å². The number of thiophene rings is 1. The fourth-order valence-electron chi connectivity index (χ4n) is 2.84. The van der Waals surface area contributed by atoms with Crippen molar-refractivity contribution in [3.05, 3.63) is 51.3 Å². The van der Waals surface area contributed by atoms with Gasteiger partial charge in [-0.25, -0.2) is 13.2 Å². The van der Waals surface area contributed by atoms with E-state index >= 15 is 0 Å². The summed E-state index contributed by atoms with van der Waals surface area (Å²) in [5.74, 6) is -1.09. The van der Waals surface area contributed by atoms with Gasteiger partial charge in [-0.15, -0.1) is 11.3 Å². The predicted octanol–water partition coefficient (Wildman–Crippen LogP) is 4.31. The molecule has 1 aromatic heterocycles. The van der Waals surface area contributed by atoms with Gasteiger partial charge in [0.25, 0.3) is 10.0 Å². The van der Waals surface area contributed by atoms with Crippen LogP contribution in [0.15, 0.2) is 45.1 Å². The summed E-state index contributed by atoms with van der Waals surface area (Å²) >= 11 is 4.36. The Labute approximate surface area is 165 Å². The molecule has 0 bridgehead atoms. The summed E-state index contributed by atoms with van der Waals surface area (Å²) in [5.41, 5.74) is 0.804. The Balaban J connectivity index is 1.94. The van der Waals surface area contributed by atoms with Crippen molar-refractivity contribution in [1.82, 2.24) is 4.31 Å². The largest absolute Gasteiger partial charge is 0.478 e. The van der Waals surface area contributed by atoms with Crippen LogP contribution in [0.2, 0.25) is 0 Å². The van der Waals surface area contributed by atoms with Gasteiger partial charge in [0.05, 0.1) is 5.57 Å². The summed E-state index contributed by atoms with van der Waals surface area (Å²) in [4.78, 5) is 12.1. The van der Waals surface area contributed by atoms with Crippen LogP contribution < -0.4 is 0 Å². The molecule has 138 valence electrons. The van der Waals surface area contributed by atoms with Gasteiger partial charge in [0.15, 0.2) is 0 Å². The number of carboxylic acid groups (broad SMARTS) is 1. The van der Waals surface area contributed by atoms with E-state index in [2.05, 4.69) is 15.9 Å². The van der Waals surface area contributed by atoms with E-state index in [4.69, 9.17) is 0 Å². The molecule has 0 amide bonds. The Morgan fingerprint density at radius 3 is 2.54 bits per heavy atom. The summed E-state index contributed by atoms with van der Waals surface area (Å²) in [6.07, 6.45) is 4.32. The molecular weight excluding hydrogens is 438 g/mol. The van der Waals surface area contributed by atoms with Gasteiger partial charge in [-0.05, 0) is 48.7 Å². The molecule has 8 heteroatoms. The zero-order chi connectivity index (χ0) is 18.7. The molecule has 1 saturated heterocycles. The highest BCUT2D eigenvalue weighted by molar-refractivity contribution is 9.10. The van der Waals surface area contributed by atoms with E-state index in [-0.39, 0.29) is 9.78 Å². The first-order valence-corrected chi connectivity index (χ1v) is 11.2. The molecule has 1 fully saturated rings. The molecule has 0 unspecified atom stereocenters. The van der Waals surface area contributed by atoms with E-state index in [0.29, 0.717) is 18.0 Å². The Morgan fingerprint density at radius 2 is 1.88 bits per heavy atom. The average Bonchev–Trinajstić information content (AvgIpc) is 3.11.